The Kier molecular flexibility index (Phi) is 4.80. The van der Waals surface area contributed by atoms with Crippen LogP contribution >= 0.6 is 11.6 Å². The summed E-state index contributed by atoms with van der Waals surface area (Å²) in [4.78, 5) is 18.1. The topological polar surface area (TPSA) is 54.5 Å². The predicted molar refractivity (Wildman–Crippen MR) is 95.9 cm³/mol. The van der Waals surface area contributed by atoms with E-state index in [1.807, 2.05) is 0 Å². The highest BCUT2D eigenvalue weighted by Crippen LogP contribution is 2.50. The quantitative estimate of drug-likeness (QED) is 0.764. The van der Waals surface area contributed by atoms with Crippen molar-refractivity contribution in [2.24, 2.45) is 0 Å². The number of rotatable bonds is 2. The van der Waals surface area contributed by atoms with Gasteiger partial charge in [0.2, 0.25) is 0 Å². The maximum absolute atomic E-state index is 15.0. The van der Waals surface area contributed by atoms with Crippen LogP contribution in [-0.2, 0) is 4.74 Å². The Morgan fingerprint density at radius 1 is 1.35 bits per heavy atom. The van der Waals surface area contributed by atoms with Crippen LogP contribution in [0.4, 0.5) is 19.4 Å². The van der Waals surface area contributed by atoms with Crippen LogP contribution < -0.4 is 10.2 Å². The number of hydrogen-bond acceptors (Lipinski definition) is 4. The number of halogens is 3. The number of nitrogens with one attached hydrogen (secondary N) is 1. The molecule has 3 rings (SSSR count). The maximum atomic E-state index is 15.0. The van der Waals surface area contributed by atoms with E-state index >= 15 is 0 Å². The Hall–Kier alpha value is -1.63. The van der Waals surface area contributed by atoms with E-state index in [1.54, 1.807) is 43.9 Å². The smallest absolute Gasteiger partial charge is 0.408 e. The highest BCUT2D eigenvalue weighted by molar-refractivity contribution is 6.29. The van der Waals surface area contributed by atoms with Gasteiger partial charge in [-0.15, -0.1) is 0 Å². The van der Waals surface area contributed by atoms with Crippen molar-refractivity contribution in [1.29, 1.82) is 0 Å². The van der Waals surface area contributed by atoms with Crippen LogP contribution in [0.2, 0.25) is 5.15 Å². The Bertz CT molecular complexity index is 687. The van der Waals surface area contributed by atoms with Crippen molar-refractivity contribution in [2.75, 3.05) is 11.4 Å². The molecule has 1 aromatic rings. The van der Waals surface area contributed by atoms with Crippen molar-refractivity contribution in [1.82, 2.24) is 10.3 Å². The second-order valence-electron chi connectivity index (χ2n) is 8.06. The summed E-state index contributed by atoms with van der Waals surface area (Å²) >= 11 is 5.97. The first-order chi connectivity index (χ1) is 12.0. The summed E-state index contributed by atoms with van der Waals surface area (Å²) in [5.41, 5.74) is -1.65. The van der Waals surface area contributed by atoms with E-state index in [0.717, 1.165) is 12.8 Å². The molecule has 2 aliphatic rings. The molecule has 1 N–H and O–H groups in total. The zero-order valence-corrected chi connectivity index (χ0v) is 15.9. The van der Waals surface area contributed by atoms with Crippen molar-refractivity contribution in [3.8, 4) is 0 Å². The van der Waals surface area contributed by atoms with Crippen LogP contribution in [0.15, 0.2) is 18.2 Å². The minimum absolute atomic E-state index is 0.252. The first-order valence-electron chi connectivity index (χ1n) is 8.81. The fourth-order valence-electron chi connectivity index (χ4n) is 4.08. The van der Waals surface area contributed by atoms with Gasteiger partial charge in [0.1, 0.15) is 22.6 Å². The van der Waals surface area contributed by atoms with Crippen LogP contribution in [-0.4, -0.2) is 40.7 Å². The van der Waals surface area contributed by atoms with Crippen molar-refractivity contribution >= 4 is 23.5 Å². The number of carbonyl (C=O) groups excluding carboxylic acids is 1. The van der Waals surface area contributed by atoms with E-state index in [4.69, 9.17) is 16.3 Å². The Morgan fingerprint density at radius 2 is 2.00 bits per heavy atom. The summed E-state index contributed by atoms with van der Waals surface area (Å²) in [6, 6.07) is 3.64. The second kappa shape index (κ2) is 6.51. The van der Waals surface area contributed by atoms with Gasteiger partial charge in [-0.25, -0.2) is 18.6 Å². The number of alkyl carbamates (subject to hydrolysis) is 1. The molecule has 8 heteroatoms. The van der Waals surface area contributed by atoms with Gasteiger partial charge in [-0.1, -0.05) is 30.5 Å². The molecule has 1 unspecified atom stereocenters. The number of hydrogen-bond donors (Lipinski definition) is 1. The number of ether oxygens (including phenoxy) is 1. The first-order valence-corrected chi connectivity index (χ1v) is 9.19. The summed E-state index contributed by atoms with van der Waals surface area (Å²) in [5.74, 6) is -2.70. The van der Waals surface area contributed by atoms with Gasteiger partial charge in [-0.05, 0) is 45.7 Å². The molecule has 2 fully saturated rings. The van der Waals surface area contributed by atoms with Crippen LogP contribution in [0, 0.1) is 0 Å². The van der Waals surface area contributed by atoms with Crippen LogP contribution in [0.3, 0.4) is 0 Å². The van der Waals surface area contributed by atoms with Gasteiger partial charge < -0.3 is 15.0 Å². The standard InChI is InChI=1S/C18H24ClF2N3O2/c1-16(2,3)26-15(25)23-14-17(9-4-5-10-17)24(11-18(14,20)21)13-8-6-7-12(19)22-13/h6-8,14H,4-5,9-11H2,1-3H3,(H,23,25). The molecule has 1 aliphatic heterocycles. The van der Waals surface area contributed by atoms with Crippen LogP contribution in [0.5, 0.6) is 0 Å². The number of amides is 1. The number of alkyl halides is 2. The Balaban J connectivity index is 1.94. The lowest BCUT2D eigenvalue weighted by Gasteiger charge is -2.39. The maximum Gasteiger partial charge on any atom is 0.408 e. The number of aromatic nitrogens is 1. The minimum Gasteiger partial charge on any atom is -0.444 e. The van der Waals surface area contributed by atoms with Crippen LogP contribution in [0.1, 0.15) is 46.5 Å². The normalized spacial score (nSPS) is 24.1. The van der Waals surface area contributed by atoms with E-state index in [2.05, 4.69) is 10.3 Å². The lowest BCUT2D eigenvalue weighted by atomic mass is 9.87. The van der Waals surface area contributed by atoms with Crippen molar-refractivity contribution in [3.05, 3.63) is 23.4 Å². The van der Waals surface area contributed by atoms with Gasteiger partial charge in [0.05, 0.1) is 12.1 Å². The monoisotopic (exact) mass is 387 g/mol. The molecule has 5 nitrogen and oxygen atoms in total. The lowest BCUT2D eigenvalue weighted by molar-refractivity contribution is -0.0226. The molecule has 1 aliphatic carbocycles. The van der Waals surface area contributed by atoms with Crippen molar-refractivity contribution in [2.45, 2.75) is 69.6 Å². The average Bonchev–Trinajstić information content (AvgIpc) is 3.05. The van der Waals surface area contributed by atoms with Gasteiger partial charge >= 0.3 is 6.09 Å². The predicted octanol–water partition coefficient (Wildman–Crippen LogP) is 4.40. The lowest BCUT2D eigenvalue weighted by Crippen LogP contribution is -2.59. The number of carbonyl (C=O) groups is 1. The average molecular weight is 388 g/mol. The summed E-state index contributed by atoms with van der Waals surface area (Å²) in [6.45, 7) is 4.59. The molecule has 0 bridgehead atoms. The van der Waals surface area contributed by atoms with Gasteiger partial charge in [0.15, 0.2) is 0 Å². The molecule has 1 aromatic heterocycles. The van der Waals surface area contributed by atoms with Crippen molar-refractivity contribution in [3.63, 3.8) is 0 Å². The second-order valence-corrected chi connectivity index (χ2v) is 8.44. The van der Waals surface area contributed by atoms with Gasteiger partial charge in [0.25, 0.3) is 5.92 Å². The molecule has 1 saturated heterocycles. The molecule has 0 aromatic carbocycles. The van der Waals surface area contributed by atoms with E-state index in [9.17, 15) is 13.6 Å². The SMILES string of the molecule is CC(C)(C)OC(=O)NC1C(F)(F)CN(c2cccc(Cl)n2)C12CCCC2. The third kappa shape index (κ3) is 3.59. The third-order valence-electron chi connectivity index (χ3n) is 4.97. The van der Waals surface area contributed by atoms with Gasteiger partial charge in [0, 0.05) is 0 Å². The fraction of sp³-hybridized carbons (Fsp3) is 0.667. The van der Waals surface area contributed by atoms with Gasteiger partial charge in [-0.3, -0.25) is 0 Å². The molecule has 1 spiro atoms. The zero-order chi connectivity index (χ0) is 19.2. The highest BCUT2D eigenvalue weighted by Gasteiger charge is 2.65. The molecule has 1 amide bonds. The van der Waals surface area contributed by atoms with E-state index in [0.29, 0.717) is 18.7 Å². The number of anilines is 1. The van der Waals surface area contributed by atoms with E-state index < -0.39 is 35.7 Å². The summed E-state index contributed by atoms with van der Waals surface area (Å²) < 4.78 is 35.1. The molecule has 26 heavy (non-hydrogen) atoms. The number of nitrogens with zero attached hydrogens (tertiary/aromatic N) is 2. The zero-order valence-electron chi connectivity index (χ0n) is 15.2. The van der Waals surface area contributed by atoms with E-state index in [-0.39, 0.29) is 5.15 Å². The fourth-order valence-corrected chi connectivity index (χ4v) is 4.24. The molecular weight excluding hydrogens is 364 g/mol. The molecule has 1 saturated carbocycles. The largest absolute Gasteiger partial charge is 0.444 e. The minimum atomic E-state index is -3.11. The molecule has 2 heterocycles. The van der Waals surface area contributed by atoms with Crippen LogP contribution in [0.25, 0.3) is 0 Å². The van der Waals surface area contributed by atoms with Crippen molar-refractivity contribution < 1.29 is 18.3 Å². The molecule has 1 atom stereocenters. The number of pyridine rings is 1. The molecule has 0 radical (unpaired) electrons. The summed E-state index contributed by atoms with van der Waals surface area (Å²) in [7, 11) is 0. The Labute approximate surface area is 157 Å². The first kappa shape index (κ1) is 19.1. The summed E-state index contributed by atoms with van der Waals surface area (Å²) in [5, 5.41) is 2.71. The van der Waals surface area contributed by atoms with E-state index in [1.165, 1.54) is 0 Å². The third-order valence-corrected chi connectivity index (χ3v) is 5.18. The summed E-state index contributed by atoms with van der Waals surface area (Å²) in [6.07, 6.45) is 1.92. The molecule has 144 valence electrons. The molecular formula is C18H24ClF2N3O2. The Morgan fingerprint density at radius 3 is 2.58 bits per heavy atom. The van der Waals surface area contributed by atoms with Gasteiger partial charge in [-0.2, -0.15) is 0 Å². The highest BCUT2D eigenvalue weighted by atomic mass is 35.5.